The van der Waals surface area contributed by atoms with Crippen molar-refractivity contribution in [2.45, 2.75) is 31.5 Å². The van der Waals surface area contributed by atoms with Crippen molar-refractivity contribution in [2.75, 3.05) is 12.9 Å². The van der Waals surface area contributed by atoms with Crippen LogP contribution in [0.1, 0.15) is 20.3 Å². The van der Waals surface area contributed by atoms with Gasteiger partial charge in [-0.25, -0.2) is 0 Å². The van der Waals surface area contributed by atoms with Gasteiger partial charge in [-0.1, -0.05) is 60.6 Å². The fourth-order valence-corrected chi connectivity index (χ4v) is 3.73. The lowest BCUT2D eigenvalue weighted by atomic mass is 10.2. The van der Waals surface area contributed by atoms with Crippen molar-refractivity contribution >= 4 is 29.3 Å². The minimum absolute atomic E-state index is 0.0343. The van der Waals surface area contributed by atoms with E-state index in [0.29, 0.717) is 21.8 Å². The van der Waals surface area contributed by atoms with Gasteiger partial charge in [-0.3, -0.25) is 9.36 Å². The molecule has 0 aliphatic rings. The van der Waals surface area contributed by atoms with E-state index in [1.54, 1.807) is 19.2 Å². The van der Waals surface area contributed by atoms with Gasteiger partial charge in [0.2, 0.25) is 5.91 Å². The molecule has 0 saturated heterocycles. The maximum atomic E-state index is 12.2. The summed E-state index contributed by atoms with van der Waals surface area (Å²) >= 11 is 7.68. The molecule has 6 nitrogen and oxygen atoms in total. The summed E-state index contributed by atoms with van der Waals surface area (Å²) in [4.78, 5) is 12.2. The van der Waals surface area contributed by atoms with Crippen molar-refractivity contribution < 1.29 is 9.53 Å². The van der Waals surface area contributed by atoms with Gasteiger partial charge in [-0.15, -0.1) is 10.2 Å². The molecular formula is C21H23ClN4O2S. The lowest BCUT2D eigenvalue weighted by Crippen LogP contribution is -2.33. The number of ether oxygens (including phenoxy) is 1. The Balaban J connectivity index is 1.96. The highest BCUT2D eigenvalue weighted by molar-refractivity contribution is 7.99. The Morgan fingerprint density at radius 3 is 2.66 bits per heavy atom. The van der Waals surface area contributed by atoms with Crippen molar-refractivity contribution in [2.24, 2.45) is 0 Å². The number of methoxy groups -OCH3 is 1. The molecule has 0 aliphatic heterocycles. The van der Waals surface area contributed by atoms with Gasteiger partial charge in [-0.05, 0) is 31.5 Å². The number of nitrogens with zero attached hydrogens (tertiary/aromatic N) is 3. The van der Waals surface area contributed by atoms with Crippen molar-refractivity contribution in [1.82, 2.24) is 20.1 Å². The Morgan fingerprint density at radius 2 is 2.00 bits per heavy atom. The smallest absolute Gasteiger partial charge is 0.230 e. The lowest BCUT2D eigenvalue weighted by molar-refractivity contribution is -0.119. The summed E-state index contributed by atoms with van der Waals surface area (Å²) in [5.74, 6) is 1.48. The van der Waals surface area contributed by atoms with Crippen LogP contribution in [-0.2, 0) is 4.79 Å². The first-order valence-electron chi connectivity index (χ1n) is 9.30. The van der Waals surface area contributed by atoms with Gasteiger partial charge in [0.1, 0.15) is 5.75 Å². The molecule has 1 N–H and O–H groups in total. The van der Waals surface area contributed by atoms with E-state index in [-0.39, 0.29) is 17.7 Å². The van der Waals surface area contributed by atoms with Gasteiger partial charge in [-0.2, -0.15) is 0 Å². The standard InChI is InChI=1S/C21H23ClN4O2S/c1-4-14(2)23-19(27)13-29-21-25-24-20(15-8-6-5-7-9-15)26(21)16-10-11-18(28-3)17(22)12-16/h5-12,14H,4,13H2,1-3H3,(H,23,27)/t14-/m1/s1. The Labute approximate surface area is 179 Å². The Bertz CT molecular complexity index is 978. The van der Waals surface area contributed by atoms with Crippen molar-refractivity contribution in [3.8, 4) is 22.8 Å². The zero-order chi connectivity index (χ0) is 20.8. The fourth-order valence-electron chi connectivity index (χ4n) is 2.71. The number of aromatic nitrogens is 3. The van der Waals surface area contributed by atoms with Crippen LogP contribution < -0.4 is 10.1 Å². The van der Waals surface area contributed by atoms with E-state index >= 15 is 0 Å². The van der Waals surface area contributed by atoms with E-state index in [0.717, 1.165) is 17.7 Å². The molecule has 8 heteroatoms. The van der Waals surface area contributed by atoms with Crippen LogP contribution in [0.3, 0.4) is 0 Å². The summed E-state index contributed by atoms with van der Waals surface area (Å²) in [5, 5.41) is 12.8. The number of halogens is 1. The van der Waals surface area contributed by atoms with E-state index in [4.69, 9.17) is 16.3 Å². The molecule has 2 aromatic carbocycles. The highest BCUT2D eigenvalue weighted by Gasteiger charge is 2.18. The van der Waals surface area contributed by atoms with Crippen LogP contribution in [-0.4, -0.2) is 39.6 Å². The number of carbonyl (C=O) groups excluding carboxylic acids is 1. The minimum atomic E-state index is -0.0343. The molecular weight excluding hydrogens is 408 g/mol. The maximum absolute atomic E-state index is 12.2. The van der Waals surface area contributed by atoms with Crippen LogP contribution in [0.25, 0.3) is 17.1 Å². The summed E-state index contributed by atoms with van der Waals surface area (Å²) in [5.41, 5.74) is 1.72. The quantitative estimate of drug-likeness (QED) is 0.529. The number of benzene rings is 2. The molecule has 3 aromatic rings. The van der Waals surface area contributed by atoms with Gasteiger partial charge in [0, 0.05) is 11.6 Å². The summed E-state index contributed by atoms with van der Waals surface area (Å²) in [6.45, 7) is 4.02. The van der Waals surface area contributed by atoms with Gasteiger partial charge < -0.3 is 10.1 Å². The second-order valence-corrected chi connectivity index (χ2v) is 7.84. The van der Waals surface area contributed by atoms with Crippen LogP contribution in [0.5, 0.6) is 5.75 Å². The molecule has 0 aliphatic carbocycles. The maximum Gasteiger partial charge on any atom is 0.230 e. The topological polar surface area (TPSA) is 69.0 Å². The zero-order valence-electron chi connectivity index (χ0n) is 16.6. The molecule has 3 rings (SSSR count). The fraction of sp³-hybridized carbons (Fsp3) is 0.286. The normalized spacial score (nSPS) is 11.9. The summed E-state index contributed by atoms with van der Waals surface area (Å²) < 4.78 is 7.16. The first-order chi connectivity index (χ1) is 14.0. The second kappa shape index (κ2) is 9.80. The molecule has 29 heavy (non-hydrogen) atoms. The average molecular weight is 431 g/mol. The van der Waals surface area contributed by atoms with E-state index in [1.807, 2.05) is 54.8 Å². The van der Waals surface area contributed by atoms with Gasteiger partial charge in [0.25, 0.3) is 0 Å². The zero-order valence-corrected chi connectivity index (χ0v) is 18.1. The molecule has 0 unspecified atom stereocenters. The number of hydrogen-bond acceptors (Lipinski definition) is 5. The molecule has 1 atom stereocenters. The van der Waals surface area contributed by atoms with Crippen molar-refractivity contribution in [1.29, 1.82) is 0 Å². The monoisotopic (exact) mass is 430 g/mol. The Morgan fingerprint density at radius 1 is 1.24 bits per heavy atom. The molecule has 0 spiro atoms. The number of carbonyl (C=O) groups is 1. The molecule has 1 aromatic heterocycles. The highest BCUT2D eigenvalue weighted by Crippen LogP contribution is 2.32. The summed E-state index contributed by atoms with van der Waals surface area (Å²) in [6, 6.07) is 15.4. The molecule has 0 bridgehead atoms. The average Bonchev–Trinajstić information content (AvgIpc) is 3.16. The van der Waals surface area contributed by atoms with Gasteiger partial charge in [0.05, 0.1) is 23.6 Å². The molecule has 152 valence electrons. The Hall–Kier alpha value is -2.51. The SMILES string of the molecule is CC[C@@H](C)NC(=O)CSc1nnc(-c2ccccc2)n1-c1ccc(OC)c(Cl)c1. The van der Waals surface area contributed by atoms with E-state index in [1.165, 1.54) is 11.8 Å². The van der Waals surface area contributed by atoms with E-state index < -0.39 is 0 Å². The molecule has 0 saturated carbocycles. The third-order valence-electron chi connectivity index (χ3n) is 4.41. The third kappa shape index (κ3) is 5.10. The van der Waals surface area contributed by atoms with Crippen LogP contribution in [0.4, 0.5) is 0 Å². The Kier molecular flexibility index (Phi) is 7.17. The summed E-state index contributed by atoms with van der Waals surface area (Å²) in [6.07, 6.45) is 0.884. The minimum Gasteiger partial charge on any atom is -0.495 e. The number of thioether (sulfide) groups is 1. The number of hydrogen-bond donors (Lipinski definition) is 1. The van der Waals surface area contributed by atoms with Crippen molar-refractivity contribution in [3.63, 3.8) is 0 Å². The van der Waals surface area contributed by atoms with Gasteiger partial charge in [0.15, 0.2) is 11.0 Å². The van der Waals surface area contributed by atoms with Crippen LogP contribution in [0.2, 0.25) is 5.02 Å². The second-order valence-electron chi connectivity index (χ2n) is 6.49. The predicted octanol–water partition coefficient (Wildman–Crippen LogP) is 4.60. The van der Waals surface area contributed by atoms with Crippen LogP contribution in [0.15, 0.2) is 53.7 Å². The first kappa shape index (κ1) is 21.2. The highest BCUT2D eigenvalue weighted by atomic mass is 35.5. The summed E-state index contributed by atoms with van der Waals surface area (Å²) in [7, 11) is 1.58. The van der Waals surface area contributed by atoms with E-state index in [2.05, 4.69) is 15.5 Å². The van der Waals surface area contributed by atoms with Crippen molar-refractivity contribution in [3.05, 3.63) is 53.6 Å². The number of nitrogens with one attached hydrogen (secondary N) is 1. The predicted molar refractivity (Wildman–Crippen MR) is 117 cm³/mol. The number of amides is 1. The molecule has 0 radical (unpaired) electrons. The van der Waals surface area contributed by atoms with Gasteiger partial charge >= 0.3 is 0 Å². The molecule has 1 heterocycles. The lowest BCUT2D eigenvalue weighted by Gasteiger charge is -2.13. The van der Waals surface area contributed by atoms with E-state index in [9.17, 15) is 4.79 Å². The molecule has 1 amide bonds. The van der Waals surface area contributed by atoms with Crippen LogP contribution >= 0.6 is 23.4 Å². The first-order valence-corrected chi connectivity index (χ1v) is 10.7. The molecule has 0 fully saturated rings. The third-order valence-corrected chi connectivity index (χ3v) is 5.64. The van der Waals surface area contributed by atoms with Crippen LogP contribution in [0, 0.1) is 0 Å². The largest absolute Gasteiger partial charge is 0.495 e. The number of rotatable bonds is 8.